The highest BCUT2D eigenvalue weighted by Gasteiger charge is 2.35. The second-order valence-corrected chi connectivity index (χ2v) is 11.4. The van der Waals surface area contributed by atoms with Gasteiger partial charge >= 0.3 is 5.97 Å². The molecule has 0 aromatic heterocycles. The van der Waals surface area contributed by atoms with E-state index in [1.54, 1.807) is 6.07 Å². The number of carbonyl (C=O) groups is 3. The van der Waals surface area contributed by atoms with Gasteiger partial charge in [-0.15, -0.1) is 0 Å². The van der Waals surface area contributed by atoms with Crippen molar-refractivity contribution in [3.63, 3.8) is 0 Å². The van der Waals surface area contributed by atoms with Crippen LogP contribution in [0.3, 0.4) is 0 Å². The highest BCUT2D eigenvalue weighted by molar-refractivity contribution is 5.90. The summed E-state index contributed by atoms with van der Waals surface area (Å²) in [5.74, 6) is 2.48. The van der Waals surface area contributed by atoms with E-state index in [4.69, 9.17) is 5.90 Å². The number of aryl methyl sites for hydroxylation is 1. The molecule has 0 saturated carbocycles. The molecule has 0 aliphatic heterocycles. The third kappa shape index (κ3) is 9.25. The van der Waals surface area contributed by atoms with E-state index >= 15 is 0 Å². The van der Waals surface area contributed by atoms with Crippen LogP contribution in [-0.4, -0.2) is 23.8 Å². The van der Waals surface area contributed by atoms with Crippen LogP contribution in [0.1, 0.15) is 64.1 Å². The molecule has 3 atom stereocenters. The number of rotatable bonds is 12. The lowest BCUT2D eigenvalue weighted by Crippen LogP contribution is -2.55. The van der Waals surface area contributed by atoms with Crippen molar-refractivity contribution < 1.29 is 23.6 Å². The SMILES string of the molecule is C[C@@H](NC(=O)[C@@H](NC(=O)[C@H](CCCc1ccc(-c2ccccc2)c(F)c1)CC(=O)ON)C(C)(C)C)c1ccccc1. The molecular formula is C33H40FN3O4. The molecule has 0 saturated heterocycles. The van der Waals surface area contributed by atoms with Gasteiger partial charge in [0, 0.05) is 11.5 Å². The van der Waals surface area contributed by atoms with E-state index < -0.39 is 29.3 Å². The Morgan fingerprint density at radius 3 is 2.12 bits per heavy atom. The number of hydrogen-bond acceptors (Lipinski definition) is 5. The molecule has 0 fully saturated rings. The smallest absolute Gasteiger partial charge is 0.325 e. The number of nitrogens with one attached hydrogen (secondary N) is 2. The van der Waals surface area contributed by atoms with Crippen molar-refractivity contribution in [1.29, 1.82) is 0 Å². The fourth-order valence-electron chi connectivity index (χ4n) is 4.75. The van der Waals surface area contributed by atoms with Crippen molar-refractivity contribution in [2.24, 2.45) is 17.2 Å². The summed E-state index contributed by atoms with van der Waals surface area (Å²) in [7, 11) is 0. The molecule has 3 aromatic rings. The molecule has 3 aromatic carbocycles. The molecule has 8 heteroatoms. The van der Waals surface area contributed by atoms with E-state index in [1.807, 2.05) is 94.4 Å². The predicted octanol–water partition coefficient (Wildman–Crippen LogP) is 5.65. The summed E-state index contributed by atoms with van der Waals surface area (Å²) in [6.45, 7) is 7.47. The summed E-state index contributed by atoms with van der Waals surface area (Å²) in [6, 6.07) is 22.8. The number of carbonyl (C=O) groups excluding carboxylic acids is 3. The van der Waals surface area contributed by atoms with Crippen LogP contribution >= 0.6 is 0 Å². The van der Waals surface area contributed by atoms with Crippen molar-refractivity contribution in [2.75, 3.05) is 0 Å². The second-order valence-electron chi connectivity index (χ2n) is 11.4. The lowest BCUT2D eigenvalue weighted by molar-refractivity contribution is -0.147. The van der Waals surface area contributed by atoms with Crippen LogP contribution in [0.5, 0.6) is 0 Å². The molecule has 0 aliphatic rings. The van der Waals surface area contributed by atoms with Crippen molar-refractivity contribution >= 4 is 17.8 Å². The predicted molar refractivity (Wildman–Crippen MR) is 158 cm³/mol. The minimum Gasteiger partial charge on any atom is -0.373 e. The van der Waals surface area contributed by atoms with Gasteiger partial charge in [-0.2, -0.15) is 5.90 Å². The average Bonchev–Trinajstić information content (AvgIpc) is 2.95. The molecule has 0 spiro atoms. The number of nitrogens with two attached hydrogens (primary N) is 1. The van der Waals surface area contributed by atoms with Gasteiger partial charge in [-0.3, -0.25) is 14.4 Å². The number of benzene rings is 3. The Kier molecular flexibility index (Phi) is 11.2. The minimum atomic E-state index is -0.850. The molecule has 0 heterocycles. The van der Waals surface area contributed by atoms with Gasteiger partial charge in [0.05, 0.1) is 12.5 Å². The first kappa shape index (κ1) is 31.5. The molecule has 218 valence electrons. The minimum absolute atomic E-state index is 0.234. The number of hydrogen-bond donors (Lipinski definition) is 3. The Labute approximate surface area is 241 Å². The van der Waals surface area contributed by atoms with Gasteiger partial charge in [-0.25, -0.2) is 4.39 Å². The molecule has 2 amide bonds. The topological polar surface area (TPSA) is 111 Å². The van der Waals surface area contributed by atoms with Gasteiger partial charge in [0.15, 0.2) is 0 Å². The van der Waals surface area contributed by atoms with E-state index in [0.29, 0.717) is 24.8 Å². The maximum absolute atomic E-state index is 14.8. The molecule has 0 aliphatic carbocycles. The summed E-state index contributed by atoms with van der Waals surface area (Å²) in [5, 5.41) is 5.85. The highest BCUT2D eigenvalue weighted by atomic mass is 19.1. The third-order valence-electron chi connectivity index (χ3n) is 7.12. The molecule has 0 radical (unpaired) electrons. The van der Waals surface area contributed by atoms with Crippen molar-refractivity contribution in [3.05, 3.63) is 95.8 Å². The zero-order valence-electron chi connectivity index (χ0n) is 24.2. The van der Waals surface area contributed by atoms with E-state index in [-0.39, 0.29) is 24.2 Å². The van der Waals surface area contributed by atoms with Gasteiger partial charge in [0.1, 0.15) is 11.9 Å². The molecular weight excluding hydrogens is 521 g/mol. The maximum Gasteiger partial charge on any atom is 0.325 e. The van der Waals surface area contributed by atoms with Crippen LogP contribution in [0.2, 0.25) is 0 Å². The summed E-state index contributed by atoms with van der Waals surface area (Å²) < 4.78 is 14.8. The van der Waals surface area contributed by atoms with Gasteiger partial charge < -0.3 is 15.5 Å². The molecule has 0 bridgehead atoms. The second kappa shape index (κ2) is 14.6. The van der Waals surface area contributed by atoms with E-state index in [1.165, 1.54) is 6.07 Å². The quantitative estimate of drug-likeness (QED) is 0.248. The molecule has 3 rings (SSSR count). The fourth-order valence-corrected chi connectivity index (χ4v) is 4.75. The van der Waals surface area contributed by atoms with E-state index in [9.17, 15) is 18.8 Å². The van der Waals surface area contributed by atoms with Crippen LogP contribution in [-0.2, 0) is 25.6 Å². The largest absolute Gasteiger partial charge is 0.373 e. The Balaban J connectivity index is 1.67. The van der Waals surface area contributed by atoms with Crippen LogP contribution in [0.15, 0.2) is 78.9 Å². The monoisotopic (exact) mass is 561 g/mol. The first-order chi connectivity index (χ1) is 19.5. The maximum atomic E-state index is 14.8. The van der Waals surface area contributed by atoms with Gasteiger partial charge in [0.25, 0.3) is 0 Å². The van der Waals surface area contributed by atoms with Gasteiger partial charge in [-0.1, -0.05) is 93.6 Å². The normalized spacial score (nSPS) is 13.5. The van der Waals surface area contributed by atoms with E-state index in [2.05, 4.69) is 15.5 Å². The molecule has 41 heavy (non-hydrogen) atoms. The summed E-state index contributed by atoms with van der Waals surface area (Å²) in [5.41, 5.74) is 2.43. The van der Waals surface area contributed by atoms with Crippen LogP contribution in [0.25, 0.3) is 11.1 Å². The van der Waals surface area contributed by atoms with Crippen LogP contribution in [0.4, 0.5) is 4.39 Å². The summed E-state index contributed by atoms with van der Waals surface area (Å²) >= 11 is 0. The average molecular weight is 562 g/mol. The Bertz CT molecular complexity index is 1310. The Morgan fingerprint density at radius 1 is 0.902 bits per heavy atom. The third-order valence-corrected chi connectivity index (χ3v) is 7.12. The highest BCUT2D eigenvalue weighted by Crippen LogP contribution is 2.26. The van der Waals surface area contributed by atoms with Gasteiger partial charge in [-0.05, 0) is 54.4 Å². The molecule has 0 unspecified atom stereocenters. The Hall–Kier alpha value is -4.04. The standard InChI is InChI=1S/C33H40FN3O4/c1-22(24-13-7-5-8-14-24)36-32(40)30(33(2,3)4)37-31(39)26(21-29(38)41-35)17-11-12-23-18-19-27(28(34)20-23)25-15-9-6-10-16-25/h5-10,13-16,18-20,22,26,30H,11-12,17,21,35H2,1-4H3,(H,36,40)(H,37,39)/t22-,26-,30-/m1/s1. The first-order valence-electron chi connectivity index (χ1n) is 13.9. The number of amides is 2. The van der Waals surface area contributed by atoms with Gasteiger partial charge in [0.2, 0.25) is 11.8 Å². The zero-order chi connectivity index (χ0) is 30.0. The molecule has 4 N–H and O–H groups in total. The van der Waals surface area contributed by atoms with Crippen molar-refractivity contribution in [2.45, 2.75) is 65.5 Å². The Morgan fingerprint density at radius 2 is 1.54 bits per heavy atom. The van der Waals surface area contributed by atoms with Crippen LogP contribution in [0, 0.1) is 17.2 Å². The van der Waals surface area contributed by atoms with Crippen molar-refractivity contribution in [3.8, 4) is 11.1 Å². The summed E-state index contributed by atoms with van der Waals surface area (Å²) in [4.78, 5) is 43.1. The lowest BCUT2D eigenvalue weighted by Gasteiger charge is -2.32. The van der Waals surface area contributed by atoms with Crippen molar-refractivity contribution in [1.82, 2.24) is 10.6 Å². The lowest BCUT2D eigenvalue weighted by atomic mass is 9.85. The molecule has 7 nitrogen and oxygen atoms in total. The van der Waals surface area contributed by atoms with Crippen LogP contribution < -0.4 is 16.5 Å². The zero-order valence-corrected chi connectivity index (χ0v) is 24.2. The van der Waals surface area contributed by atoms with E-state index in [0.717, 1.165) is 16.7 Å². The first-order valence-corrected chi connectivity index (χ1v) is 13.9. The summed E-state index contributed by atoms with van der Waals surface area (Å²) in [6.07, 6.45) is 1.10. The fraction of sp³-hybridized carbons (Fsp3) is 0.364. The number of halogens is 1.